The first kappa shape index (κ1) is 17.8. The van der Waals surface area contributed by atoms with E-state index in [1.54, 1.807) is 0 Å². The fourth-order valence-electron chi connectivity index (χ4n) is 2.11. The Kier molecular flexibility index (Phi) is 5.10. The van der Waals surface area contributed by atoms with E-state index in [4.69, 9.17) is 5.41 Å². The van der Waals surface area contributed by atoms with Crippen molar-refractivity contribution < 1.29 is 32.2 Å². The molecule has 130 valence electrons. The molecule has 1 fully saturated rings. The molecule has 0 atom stereocenters. The van der Waals surface area contributed by atoms with E-state index < -0.39 is 29.8 Å². The molecule has 0 aliphatic heterocycles. The first-order valence-corrected chi connectivity index (χ1v) is 7.18. The van der Waals surface area contributed by atoms with Gasteiger partial charge in [-0.2, -0.15) is 0 Å². The van der Waals surface area contributed by atoms with Crippen LogP contribution in [-0.4, -0.2) is 30.7 Å². The zero-order chi connectivity index (χ0) is 17.9. The Bertz CT molecular complexity index is 669. The average Bonchev–Trinajstić information content (AvgIpc) is 3.30. The van der Waals surface area contributed by atoms with Gasteiger partial charge in [-0.3, -0.25) is 10.2 Å². The maximum atomic E-state index is 12.3. The zero-order valence-electron chi connectivity index (χ0n) is 12.7. The van der Waals surface area contributed by atoms with E-state index in [0.717, 1.165) is 25.0 Å². The number of alkyl halides is 3. The van der Waals surface area contributed by atoms with Crippen LogP contribution in [0.5, 0.6) is 5.75 Å². The van der Waals surface area contributed by atoms with Crippen molar-refractivity contribution in [3.63, 3.8) is 0 Å². The SMILES string of the molecule is CCOC(=O)C(=N)NC(=O)c1cc(OC(F)(F)F)ccc1C1CC1. The van der Waals surface area contributed by atoms with Crippen LogP contribution in [0.2, 0.25) is 0 Å². The normalized spacial score (nSPS) is 14.0. The lowest BCUT2D eigenvalue weighted by Gasteiger charge is -2.13. The Labute approximate surface area is 135 Å². The molecule has 24 heavy (non-hydrogen) atoms. The van der Waals surface area contributed by atoms with Gasteiger partial charge in [0.05, 0.1) is 6.61 Å². The summed E-state index contributed by atoms with van der Waals surface area (Å²) >= 11 is 0. The Morgan fingerprint density at radius 3 is 2.54 bits per heavy atom. The molecular formula is C15H15F3N2O4. The van der Waals surface area contributed by atoms with E-state index in [-0.39, 0.29) is 18.1 Å². The fraction of sp³-hybridized carbons (Fsp3) is 0.400. The van der Waals surface area contributed by atoms with Crippen molar-refractivity contribution in [2.75, 3.05) is 6.61 Å². The number of amides is 1. The molecule has 1 aliphatic carbocycles. The van der Waals surface area contributed by atoms with Crippen molar-refractivity contribution in [3.05, 3.63) is 29.3 Å². The molecule has 1 amide bonds. The van der Waals surface area contributed by atoms with E-state index in [1.807, 2.05) is 5.32 Å². The number of benzene rings is 1. The molecule has 0 saturated heterocycles. The molecule has 1 aromatic carbocycles. The highest BCUT2D eigenvalue weighted by molar-refractivity contribution is 6.37. The molecule has 0 unspecified atom stereocenters. The molecule has 0 bridgehead atoms. The minimum Gasteiger partial charge on any atom is -0.460 e. The second kappa shape index (κ2) is 6.90. The van der Waals surface area contributed by atoms with Crippen LogP contribution in [0.4, 0.5) is 13.2 Å². The maximum Gasteiger partial charge on any atom is 0.573 e. The molecule has 1 saturated carbocycles. The van der Waals surface area contributed by atoms with E-state index in [2.05, 4.69) is 9.47 Å². The highest BCUT2D eigenvalue weighted by Crippen LogP contribution is 2.42. The van der Waals surface area contributed by atoms with E-state index >= 15 is 0 Å². The van der Waals surface area contributed by atoms with Gasteiger partial charge in [0, 0.05) is 5.56 Å². The highest BCUT2D eigenvalue weighted by Gasteiger charge is 2.33. The van der Waals surface area contributed by atoms with Crippen molar-refractivity contribution in [3.8, 4) is 5.75 Å². The second-order valence-corrected chi connectivity index (χ2v) is 5.12. The van der Waals surface area contributed by atoms with Crippen LogP contribution in [0.25, 0.3) is 0 Å². The third kappa shape index (κ3) is 4.71. The van der Waals surface area contributed by atoms with Crippen molar-refractivity contribution in [2.45, 2.75) is 32.0 Å². The average molecular weight is 344 g/mol. The van der Waals surface area contributed by atoms with Gasteiger partial charge < -0.3 is 14.8 Å². The van der Waals surface area contributed by atoms with Gasteiger partial charge in [0.2, 0.25) is 5.84 Å². The maximum absolute atomic E-state index is 12.3. The van der Waals surface area contributed by atoms with Gasteiger partial charge >= 0.3 is 12.3 Å². The van der Waals surface area contributed by atoms with E-state index in [0.29, 0.717) is 5.56 Å². The van der Waals surface area contributed by atoms with Crippen LogP contribution in [0, 0.1) is 5.41 Å². The molecule has 1 aromatic rings. The van der Waals surface area contributed by atoms with E-state index in [9.17, 15) is 22.8 Å². The van der Waals surface area contributed by atoms with Crippen LogP contribution in [-0.2, 0) is 9.53 Å². The summed E-state index contributed by atoms with van der Waals surface area (Å²) in [5.74, 6) is -3.14. The third-order valence-corrected chi connectivity index (χ3v) is 3.24. The first-order valence-electron chi connectivity index (χ1n) is 7.18. The molecule has 2 rings (SSSR count). The topological polar surface area (TPSA) is 88.5 Å². The standard InChI is InChI=1S/C15H15F3N2O4/c1-2-23-14(22)12(19)20-13(21)11-7-9(24-15(16,17)18)5-6-10(11)8-3-4-8/h5-8H,2-4H2,1H3,(H2,19,20,21). The molecule has 0 spiro atoms. The molecular weight excluding hydrogens is 329 g/mol. The Morgan fingerprint density at radius 1 is 1.33 bits per heavy atom. The number of carbonyl (C=O) groups excluding carboxylic acids is 2. The zero-order valence-corrected chi connectivity index (χ0v) is 12.7. The lowest BCUT2D eigenvalue weighted by atomic mass is 10.0. The van der Waals surface area contributed by atoms with Gasteiger partial charge in [0.25, 0.3) is 5.91 Å². The molecule has 2 N–H and O–H groups in total. The van der Waals surface area contributed by atoms with Crippen molar-refractivity contribution in [1.29, 1.82) is 5.41 Å². The molecule has 0 heterocycles. The lowest BCUT2D eigenvalue weighted by Crippen LogP contribution is -2.37. The van der Waals surface area contributed by atoms with Crippen LogP contribution in [0.1, 0.15) is 41.6 Å². The number of halogens is 3. The summed E-state index contributed by atoms with van der Waals surface area (Å²) < 4.78 is 45.4. The quantitative estimate of drug-likeness (QED) is 0.499. The number of hydrogen-bond acceptors (Lipinski definition) is 5. The van der Waals surface area contributed by atoms with Gasteiger partial charge in [-0.25, -0.2) is 4.79 Å². The monoisotopic (exact) mass is 344 g/mol. The predicted octanol–water partition coefficient (Wildman–Crippen LogP) is 2.73. The van der Waals surface area contributed by atoms with Crippen molar-refractivity contribution in [1.82, 2.24) is 5.32 Å². The number of amidine groups is 1. The minimum absolute atomic E-state index is 0.0271. The summed E-state index contributed by atoms with van der Waals surface area (Å²) in [5.41, 5.74) is 0.493. The number of ether oxygens (including phenoxy) is 2. The number of rotatable bonds is 4. The number of hydrogen-bond donors (Lipinski definition) is 2. The Hall–Kier alpha value is -2.58. The van der Waals surface area contributed by atoms with Gasteiger partial charge in [0.15, 0.2) is 0 Å². The van der Waals surface area contributed by atoms with Crippen LogP contribution < -0.4 is 10.1 Å². The van der Waals surface area contributed by atoms with Crippen LogP contribution in [0.15, 0.2) is 18.2 Å². The predicted molar refractivity (Wildman–Crippen MR) is 76.9 cm³/mol. The Morgan fingerprint density at radius 2 is 2.00 bits per heavy atom. The molecule has 9 heteroatoms. The van der Waals surface area contributed by atoms with Crippen LogP contribution in [0.3, 0.4) is 0 Å². The molecule has 6 nitrogen and oxygen atoms in total. The van der Waals surface area contributed by atoms with Gasteiger partial charge in [-0.15, -0.1) is 13.2 Å². The molecule has 0 radical (unpaired) electrons. The van der Waals surface area contributed by atoms with E-state index in [1.165, 1.54) is 13.0 Å². The summed E-state index contributed by atoms with van der Waals surface area (Å²) in [6, 6.07) is 3.48. The van der Waals surface area contributed by atoms with Gasteiger partial charge in [-0.05, 0) is 43.4 Å². The molecule has 1 aliphatic rings. The summed E-state index contributed by atoms with van der Waals surface area (Å²) in [7, 11) is 0. The van der Waals surface area contributed by atoms with Gasteiger partial charge in [-0.1, -0.05) is 6.07 Å². The summed E-state index contributed by atoms with van der Waals surface area (Å²) in [5, 5.41) is 9.48. The minimum atomic E-state index is -4.88. The first-order chi connectivity index (χ1) is 11.2. The van der Waals surface area contributed by atoms with Crippen molar-refractivity contribution >= 4 is 17.7 Å². The fourth-order valence-corrected chi connectivity index (χ4v) is 2.11. The summed E-state index contributed by atoms with van der Waals surface area (Å²) in [4.78, 5) is 23.6. The summed E-state index contributed by atoms with van der Waals surface area (Å²) in [6.07, 6.45) is -3.25. The number of nitrogens with one attached hydrogen (secondary N) is 2. The smallest absolute Gasteiger partial charge is 0.460 e. The van der Waals surface area contributed by atoms with Gasteiger partial charge in [0.1, 0.15) is 5.75 Å². The largest absolute Gasteiger partial charge is 0.573 e. The highest BCUT2D eigenvalue weighted by atomic mass is 19.4. The Balaban J connectivity index is 2.22. The second-order valence-electron chi connectivity index (χ2n) is 5.12. The van der Waals surface area contributed by atoms with Crippen molar-refractivity contribution in [2.24, 2.45) is 0 Å². The lowest BCUT2D eigenvalue weighted by molar-refractivity contribution is -0.274. The number of carbonyl (C=O) groups is 2. The van der Waals surface area contributed by atoms with Crippen LogP contribution >= 0.6 is 0 Å². The summed E-state index contributed by atoms with van der Waals surface area (Å²) in [6.45, 7) is 1.56. The number of esters is 1. The third-order valence-electron chi connectivity index (χ3n) is 3.24. The molecule has 0 aromatic heterocycles.